The highest BCUT2D eigenvalue weighted by molar-refractivity contribution is 6.14. The van der Waals surface area contributed by atoms with E-state index in [4.69, 9.17) is 9.97 Å². The number of nitriles is 1. The van der Waals surface area contributed by atoms with Gasteiger partial charge in [-0.15, -0.1) is 0 Å². The molecule has 6 heteroatoms. The van der Waals surface area contributed by atoms with Gasteiger partial charge in [0.05, 0.1) is 56.1 Å². The van der Waals surface area contributed by atoms with Crippen LogP contribution in [-0.4, -0.2) is 23.7 Å². The van der Waals surface area contributed by atoms with Crippen molar-refractivity contribution in [1.82, 2.24) is 23.7 Å². The lowest BCUT2D eigenvalue weighted by molar-refractivity contribution is 1.16. The van der Waals surface area contributed by atoms with E-state index in [0.29, 0.717) is 11.4 Å². The van der Waals surface area contributed by atoms with Gasteiger partial charge >= 0.3 is 0 Å². The van der Waals surface area contributed by atoms with Gasteiger partial charge in [0.15, 0.2) is 5.82 Å². The van der Waals surface area contributed by atoms with E-state index in [1.54, 1.807) is 0 Å². The fourth-order valence-corrected chi connectivity index (χ4v) is 10.9. The molecule has 10 aromatic carbocycles. The first-order valence-electron chi connectivity index (χ1n) is 23.9. The van der Waals surface area contributed by atoms with Gasteiger partial charge in [-0.05, 0) is 96.1 Å². The summed E-state index contributed by atoms with van der Waals surface area (Å²) in [7, 11) is 0. The summed E-state index contributed by atoms with van der Waals surface area (Å²) in [5.41, 5.74) is 16.9. The summed E-state index contributed by atoms with van der Waals surface area (Å²) in [6.45, 7) is 0. The second-order valence-electron chi connectivity index (χ2n) is 18.1. The van der Waals surface area contributed by atoms with Gasteiger partial charge in [0.2, 0.25) is 0 Å². The second-order valence-corrected chi connectivity index (χ2v) is 18.1. The van der Waals surface area contributed by atoms with Gasteiger partial charge in [0.25, 0.3) is 0 Å². The lowest BCUT2D eigenvalue weighted by Gasteiger charge is -2.13. The Morgan fingerprint density at radius 1 is 0.296 bits per heavy atom. The maximum atomic E-state index is 10.7. The van der Waals surface area contributed by atoms with Crippen LogP contribution in [0.5, 0.6) is 0 Å². The highest BCUT2D eigenvalue weighted by Gasteiger charge is 2.20. The Morgan fingerprint density at radius 3 is 1.18 bits per heavy atom. The van der Waals surface area contributed by atoms with Crippen LogP contribution in [0.1, 0.15) is 5.56 Å². The molecule has 0 fully saturated rings. The zero-order chi connectivity index (χ0) is 47.0. The Morgan fingerprint density at radius 2 is 0.690 bits per heavy atom. The minimum atomic E-state index is 0.573. The monoisotopic (exact) mass is 904 g/mol. The van der Waals surface area contributed by atoms with Crippen molar-refractivity contribution in [2.24, 2.45) is 0 Å². The molecule has 4 heterocycles. The summed E-state index contributed by atoms with van der Waals surface area (Å²) >= 11 is 0. The van der Waals surface area contributed by atoms with Crippen molar-refractivity contribution in [3.8, 4) is 68.2 Å². The number of hydrogen-bond acceptors (Lipinski definition) is 3. The van der Waals surface area contributed by atoms with Crippen molar-refractivity contribution >= 4 is 65.4 Å². The average molecular weight is 905 g/mol. The molecule has 0 aliphatic carbocycles. The van der Waals surface area contributed by atoms with Crippen molar-refractivity contribution in [1.29, 1.82) is 5.26 Å². The number of aromatic nitrogens is 5. The molecule has 0 amide bonds. The minimum Gasteiger partial charge on any atom is -0.309 e. The predicted octanol–water partition coefficient (Wildman–Crippen LogP) is 16.3. The van der Waals surface area contributed by atoms with Gasteiger partial charge in [-0.1, -0.05) is 158 Å². The molecule has 0 radical (unpaired) electrons. The zero-order valence-electron chi connectivity index (χ0n) is 38.3. The third-order valence-electron chi connectivity index (χ3n) is 14.1. The SMILES string of the molecule is N#Cc1cc(-c2cc(-c3ccccc3)nc(-c3ccccc3)n2)ccc1-c1ccc(-n2c3ccc(-n4c5ccccc5c5ccccc54)cc3c3cc(-n4c5ccccc5c5ccccc54)ccc32)cc1. The largest absolute Gasteiger partial charge is 0.309 e. The molecule has 330 valence electrons. The molecule has 4 aromatic heterocycles. The first-order chi connectivity index (χ1) is 35.2. The van der Waals surface area contributed by atoms with E-state index in [1.807, 2.05) is 66.7 Å². The van der Waals surface area contributed by atoms with Crippen LogP contribution in [-0.2, 0) is 0 Å². The number of para-hydroxylation sites is 4. The van der Waals surface area contributed by atoms with Crippen LogP contribution >= 0.6 is 0 Å². The van der Waals surface area contributed by atoms with Crippen molar-refractivity contribution in [2.45, 2.75) is 0 Å². The van der Waals surface area contributed by atoms with Crippen LogP contribution in [0.4, 0.5) is 0 Å². The molecule has 0 bridgehead atoms. The normalized spacial score (nSPS) is 11.6. The van der Waals surface area contributed by atoms with Gasteiger partial charge in [-0.3, -0.25) is 0 Å². The van der Waals surface area contributed by atoms with Crippen LogP contribution in [0.2, 0.25) is 0 Å². The van der Waals surface area contributed by atoms with Gasteiger partial charge in [0, 0.05) is 66.1 Å². The van der Waals surface area contributed by atoms with Gasteiger partial charge in [-0.25, -0.2) is 9.97 Å². The Bertz CT molecular complexity index is 4120. The van der Waals surface area contributed by atoms with E-state index in [-0.39, 0.29) is 0 Å². The maximum Gasteiger partial charge on any atom is 0.160 e. The molecule has 0 unspecified atom stereocenters. The Balaban J connectivity index is 0.909. The molecule has 0 spiro atoms. The molecule has 0 N–H and O–H groups in total. The van der Waals surface area contributed by atoms with Crippen LogP contribution in [0, 0.1) is 11.3 Å². The second kappa shape index (κ2) is 16.2. The molecule has 0 aliphatic heterocycles. The summed E-state index contributed by atoms with van der Waals surface area (Å²) < 4.78 is 7.16. The molecule has 14 rings (SSSR count). The van der Waals surface area contributed by atoms with Crippen molar-refractivity contribution < 1.29 is 0 Å². The first-order valence-corrected chi connectivity index (χ1v) is 23.9. The lowest BCUT2D eigenvalue weighted by atomic mass is 9.96. The van der Waals surface area contributed by atoms with E-state index in [0.717, 1.165) is 78.1 Å². The fourth-order valence-electron chi connectivity index (χ4n) is 10.9. The van der Waals surface area contributed by atoms with Crippen LogP contribution in [0.25, 0.3) is 128 Å². The quantitative estimate of drug-likeness (QED) is 0.160. The Hall–Kier alpha value is -9.83. The van der Waals surface area contributed by atoms with E-state index in [1.165, 1.54) is 43.6 Å². The van der Waals surface area contributed by atoms with Crippen LogP contribution in [0.3, 0.4) is 0 Å². The standard InChI is InChI=1S/C65H40N6/c66-41-46-37-45(58-40-57(43-15-3-1-4-16-43)67-65(68-58)44-17-5-2-6-18-44)29-34-50(46)42-27-30-47(31-28-42)69-63-35-32-48(70-59-23-11-7-19-51(59)52-20-8-12-24-60(52)70)38-55(63)56-39-49(33-36-64(56)69)71-61-25-13-9-21-53(61)54-22-10-14-26-62(54)71/h1-40H. The fraction of sp³-hybridized carbons (Fsp3) is 0. The lowest BCUT2D eigenvalue weighted by Crippen LogP contribution is -1.97. The van der Waals surface area contributed by atoms with E-state index in [2.05, 4.69) is 196 Å². The molecule has 0 atom stereocenters. The average Bonchev–Trinajstić information content (AvgIpc) is 4.08. The molecule has 0 saturated heterocycles. The molecule has 14 aromatic rings. The molecule has 71 heavy (non-hydrogen) atoms. The number of rotatable bonds is 7. The molecular weight excluding hydrogens is 865 g/mol. The maximum absolute atomic E-state index is 10.7. The highest BCUT2D eigenvalue weighted by atomic mass is 15.0. The zero-order valence-corrected chi connectivity index (χ0v) is 38.3. The molecule has 0 aliphatic rings. The number of nitrogens with zero attached hydrogens (tertiary/aromatic N) is 6. The van der Waals surface area contributed by atoms with Gasteiger partial charge in [0.1, 0.15) is 0 Å². The summed E-state index contributed by atoms with van der Waals surface area (Å²) in [5.74, 6) is 0.635. The minimum absolute atomic E-state index is 0.573. The number of hydrogen-bond donors (Lipinski definition) is 0. The van der Waals surface area contributed by atoms with Gasteiger partial charge in [-0.2, -0.15) is 5.26 Å². The Labute approximate surface area is 408 Å². The third-order valence-corrected chi connectivity index (χ3v) is 14.1. The topological polar surface area (TPSA) is 64.4 Å². The molecular formula is C65H40N6. The molecule has 6 nitrogen and oxygen atoms in total. The van der Waals surface area contributed by atoms with Gasteiger partial charge < -0.3 is 13.7 Å². The van der Waals surface area contributed by atoms with Crippen LogP contribution < -0.4 is 0 Å². The summed E-state index contributed by atoms with van der Waals surface area (Å²) in [6.07, 6.45) is 0. The van der Waals surface area contributed by atoms with E-state index in [9.17, 15) is 5.26 Å². The summed E-state index contributed by atoms with van der Waals surface area (Å²) in [6, 6.07) is 87.9. The number of fused-ring (bicyclic) bond motifs is 9. The highest BCUT2D eigenvalue weighted by Crippen LogP contribution is 2.40. The Kier molecular flexibility index (Phi) is 9.16. The van der Waals surface area contributed by atoms with Crippen molar-refractivity contribution in [2.75, 3.05) is 0 Å². The van der Waals surface area contributed by atoms with E-state index < -0.39 is 0 Å². The van der Waals surface area contributed by atoms with Crippen LogP contribution in [0.15, 0.2) is 243 Å². The van der Waals surface area contributed by atoms with E-state index >= 15 is 0 Å². The van der Waals surface area contributed by atoms with Crippen molar-refractivity contribution in [3.63, 3.8) is 0 Å². The third kappa shape index (κ3) is 6.49. The summed E-state index contributed by atoms with van der Waals surface area (Å²) in [4.78, 5) is 10.0. The van der Waals surface area contributed by atoms with Crippen molar-refractivity contribution in [3.05, 3.63) is 248 Å². The predicted molar refractivity (Wildman–Crippen MR) is 292 cm³/mol. The number of benzene rings is 10. The first kappa shape index (κ1) is 40.3. The summed E-state index contributed by atoms with van der Waals surface area (Å²) in [5, 5.41) is 17.9. The molecule has 0 saturated carbocycles. The smallest absolute Gasteiger partial charge is 0.160 e.